The highest BCUT2D eigenvalue weighted by Gasteiger charge is 2.31. The molecule has 0 bridgehead atoms. The summed E-state index contributed by atoms with van der Waals surface area (Å²) >= 11 is 0. The number of ether oxygens (including phenoxy) is 1. The molecule has 1 unspecified atom stereocenters. The molecule has 1 aliphatic carbocycles. The van der Waals surface area contributed by atoms with Crippen molar-refractivity contribution in [1.29, 1.82) is 0 Å². The normalized spacial score (nSPS) is 14.3. The highest BCUT2D eigenvalue weighted by atomic mass is 32.2. The van der Waals surface area contributed by atoms with E-state index in [-0.39, 0.29) is 25.4 Å². The molecule has 4 N–H and O–H groups in total. The number of carboxylic acid groups (broad SMARTS) is 1. The van der Waals surface area contributed by atoms with E-state index in [4.69, 9.17) is 9.84 Å². The molecule has 0 saturated carbocycles. The van der Waals surface area contributed by atoms with E-state index in [0.717, 1.165) is 28.5 Å². The summed E-state index contributed by atoms with van der Waals surface area (Å²) in [5.74, 6) is -2.87. The van der Waals surface area contributed by atoms with Crippen molar-refractivity contribution in [2.75, 3.05) is 25.2 Å². The molecule has 35 heavy (non-hydrogen) atoms. The topological polar surface area (TPSA) is 159 Å². The number of sulfone groups is 1. The maximum absolute atomic E-state index is 12.7. The van der Waals surface area contributed by atoms with Crippen molar-refractivity contribution < 1.29 is 37.8 Å². The van der Waals surface area contributed by atoms with Crippen LogP contribution in [0.2, 0.25) is 0 Å². The Kier molecular flexibility index (Phi) is 8.47. The fourth-order valence-electron chi connectivity index (χ4n) is 4.04. The van der Waals surface area contributed by atoms with Gasteiger partial charge in [-0.2, -0.15) is 0 Å². The maximum atomic E-state index is 12.7. The zero-order valence-corrected chi connectivity index (χ0v) is 20.0. The second-order valence-corrected chi connectivity index (χ2v) is 10.6. The van der Waals surface area contributed by atoms with Crippen LogP contribution in [0.25, 0.3) is 11.1 Å². The first-order valence-electron chi connectivity index (χ1n) is 11.0. The molecule has 0 aliphatic heterocycles. The van der Waals surface area contributed by atoms with Crippen LogP contribution in [0.3, 0.4) is 0 Å². The van der Waals surface area contributed by atoms with Crippen molar-refractivity contribution in [2.24, 2.45) is 0 Å². The van der Waals surface area contributed by atoms with Gasteiger partial charge in [-0.15, -0.1) is 0 Å². The van der Waals surface area contributed by atoms with Crippen molar-refractivity contribution in [3.63, 3.8) is 0 Å². The molecule has 0 heterocycles. The van der Waals surface area contributed by atoms with E-state index >= 15 is 0 Å². The molecule has 11 heteroatoms. The molecule has 2 atom stereocenters. The molecule has 0 radical (unpaired) electrons. The van der Waals surface area contributed by atoms with Gasteiger partial charge in [0.25, 0.3) is 0 Å². The number of carbonyl (C=O) groups excluding carboxylic acids is 2. The molecule has 0 fully saturated rings. The number of carbonyl (C=O) groups is 3. The first kappa shape index (κ1) is 26.2. The minimum atomic E-state index is -3.46. The number of nitrogens with one attached hydrogen (secondary N) is 2. The zero-order chi connectivity index (χ0) is 25.6. The molecule has 1 aliphatic rings. The molecule has 0 spiro atoms. The largest absolute Gasteiger partial charge is 0.480 e. The van der Waals surface area contributed by atoms with Gasteiger partial charge in [0.2, 0.25) is 5.91 Å². The van der Waals surface area contributed by atoms with Crippen LogP contribution in [0.5, 0.6) is 0 Å². The quantitative estimate of drug-likeness (QED) is 0.356. The SMILES string of the molecule is CS(=O)(=O)CCC(NC(=O)OCC1c2ccccc2-c2ccccc21)C(=O)N[C@H](CCO)C(=O)O. The first-order valence-corrected chi connectivity index (χ1v) is 13.1. The van der Waals surface area contributed by atoms with E-state index in [1.165, 1.54) is 0 Å². The lowest BCUT2D eigenvalue weighted by atomic mass is 9.98. The Hall–Kier alpha value is -3.44. The maximum Gasteiger partial charge on any atom is 0.407 e. The minimum Gasteiger partial charge on any atom is -0.480 e. The molecule has 2 amide bonds. The van der Waals surface area contributed by atoms with Crippen LogP contribution in [-0.2, 0) is 24.2 Å². The minimum absolute atomic E-state index is 0.0114. The fraction of sp³-hybridized carbons (Fsp3) is 0.375. The molecule has 188 valence electrons. The van der Waals surface area contributed by atoms with Gasteiger partial charge in [0.15, 0.2) is 0 Å². The van der Waals surface area contributed by atoms with Gasteiger partial charge in [-0.25, -0.2) is 18.0 Å². The van der Waals surface area contributed by atoms with E-state index in [9.17, 15) is 27.9 Å². The van der Waals surface area contributed by atoms with E-state index in [1.807, 2.05) is 48.5 Å². The van der Waals surface area contributed by atoms with E-state index in [0.29, 0.717) is 0 Å². The number of rotatable bonds is 11. The Morgan fingerprint density at radius 1 is 0.943 bits per heavy atom. The van der Waals surface area contributed by atoms with Gasteiger partial charge < -0.3 is 25.6 Å². The van der Waals surface area contributed by atoms with Crippen molar-refractivity contribution in [3.05, 3.63) is 59.7 Å². The number of aliphatic hydroxyl groups is 1. The summed E-state index contributed by atoms with van der Waals surface area (Å²) in [4.78, 5) is 36.5. The predicted octanol–water partition coefficient (Wildman–Crippen LogP) is 1.28. The zero-order valence-electron chi connectivity index (χ0n) is 19.1. The Morgan fingerprint density at radius 3 is 2.03 bits per heavy atom. The summed E-state index contributed by atoms with van der Waals surface area (Å²) in [5, 5.41) is 22.8. The van der Waals surface area contributed by atoms with Crippen molar-refractivity contribution in [3.8, 4) is 11.1 Å². The Labute approximate surface area is 203 Å². The van der Waals surface area contributed by atoms with Crippen LogP contribution in [-0.4, -0.2) is 73.9 Å². The summed E-state index contributed by atoms with van der Waals surface area (Å²) in [7, 11) is -3.46. The predicted molar refractivity (Wildman–Crippen MR) is 128 cm³/mol. The number of hydrogen-bond donors (Lipinski definition) is 4. The molecule has 2 aromatic rings. The van der Waals surface area contributed by atoms with E-state index in [2.05, 4.69) is 10.6 Å². The van der Waals surface area contributed by atoms with Gasteiger partial charge in [-0.3, -0.25) is 4.79 Å². The van der Waals surface area contributed by atoms with Crippen LogP contribution in [0, 0.1) is 0 Å². The third-order valence-electron chi connectivity index (χ3n) is 5.76. The number of aliphatic hydroxyl groups excluding tert-OH is 1. The second kappa shape index (κ2) is 11.3. The third-order valence-corrected chi connectivity index (χ3v) is 6.74. The first-order chi connectivity index (χ1) is 16.6. The van der Waals surface area contributed by atoms with Gasteiger partial charge in [-0.1, -0.05) is 48.5 Å². The number of aliphatic carboxylic acids is 1. The van der Waals surface area contributed by atoms with Crippen molar-refractivity contribution in [1.82, 2.24) is 10.6 Å². The average Bonchev–Trinajstić information content (AvgIpc) is 3.13. The van der Waals surface area contributed by atoms with Crippen LogP contribution in [0.1, 0.15) is 29.9 Å². The highest BCUT2D eigenvalue weighted by molar-refractivity contribution is 7.90. The molecule has 0 saturated heterocycles. The lowest BCUT2D eigenvalue weighted by molar-refractivity contribution is -0.142. The average molecular weight is 505 g/mol. The van der Waals surface area contributed by atoms with E-state index < -0.39 is 52.3 Å². The van der Waals surface area contributed by atoms with Gasteiger partial charge in [0.1, 0.15) is 28.5 Å². The van der Waals surface area contributed by atoms with Crippen molar-refractivity contribution in [2.45, 2.75) is 30.8 Å². The van der Waals surface area contributed by atoms with Crippen LogP contribution in [0.4, 0.5) is 4.79 Å². The molecule has 0 aromatic heterocycles. The van der Waals surface area contributed by atoms with Gasteiger partial charge >= 0.3 is 12.1 Å². The lowest BCUT2D eigenvalue weighted by Crippen LogP contribution is -2.52. The Balaban J connectivity index is 1.69. The summed E-state index contributed by atoms with van der Waals surface area (Å²) in [5.41, 5.74) is 4.10. The standard InChI is InChI=1S/C24H28N2O8S/c1-35(32,33)13-11-20(22(28)25-21(10-12-27)23(29)30)26-24(31)34-14-19-17-8-4-2-6-15(17)16-7-3-5-9-18(16)19/h2-9,19-21,27H,10-14H2,1H3,(H,25,28)(H,26,31)(H,29,30)/t20?,21-/m1/s1. The molecule has 10 nitrogen and oxygen atoms in total. The number of hydrogen-bond acceptors (Lipinski definition) is 7. The number of alkyl carbamates (subject to hydrolysis) is 1. The molecule has 3 rings (SSSR count). The van der Waals surface area contributed by atoms with Crippen LogP contribution in [0.15, 0.2) is 48.5 Å². The molecular formula is C24H28N2O8S. The number of fused-ring (bicyclic) bond motifs is 3. The number of benzene rings is 2. The summed E-state index contributed by atoms with van der Waals surface area (Å²) in [6.45, 7) is -0.492. The monoisotopic (exact) mass is 504 g/mol. The second-order valence-electron chi connectivity index (χ2n) is 8.35. The summed E-state index contributed by atoms with van der Waals surface area (Å²) < 4.78 is 28.6. The smallest absolute Gasteiger partial charge is 0.407 e. The Bertz CT molecular complexity index is 1150. The highest BCUT2D eigenvalue weighted by Crippen LogP contribution is 2.44. The van der Waals surface area contributed by atoms with Gasteiger partial charge in [0, 0.05) is 25.2 Å². The van der Waals surface area contributed by atoms with Crippen LogP contribution >= 0.6 is 0 Å². The van der Waals surface area contributed by atoms with Crippen LogP contribution < -0.4 is 10.6 Å². The summed E-state index contributed by atoms with van der Waals surface area (Å²) in [6, 6.07) is 12.8. The molecule has 2 aromatic carbocycles. The fourth-order valence-corrected chi connectivity index (χ4v) is 4.71. The lowest BCUT2D eigenvalue weighted by Gasteiger charge is -2.21. The Morgan fingerprint density at radius 2 is 1.51 bits per heavy atom. The van der Waals surface area contributed by atoms with E-state index in [1.54, 1.807) is 0 Å². The number of amides is 2. The number of carboxylic acids is 1. The van der Waals surface area contributed by atoms with Gasteiger partial charge in [0.05, 0.1) is 5.75 Å². The summed E-state index contributed by atoms with van der Waals surface area (Å²) in [6.07, 6.45) is -0.471. The van der Waals surface area contributed by atoms with Crippen molar-refractivity contribution >= 4 is 27.8 Å². The third kappa shape index (κ3) is 6.80. The van der Waals surface area contributed by atoms with Gasteiger partial charge in [-0.05, 0) is 28.7 Å². The molecular weight excluding hydrogens is 476 g/mol.